The summed E-state index contributed by atoms with van der Waals surface area (Å²) in [7, 11) is 0. The van der Waals surface area contributed by atoms with Gasteiger partial charge in [-0.15, -0.1) is 0 Å². The summed E-state index contributed by atoms with van der Waals surface area (Å²) in [5.41, 5.74) is 2.49. The van der Waals surface area contributed by atoms with Crippen molar-refractivity contribution in [1.82, 2.24) is 35.0 Å². The largest absolute Gasteiger partial charge is 0.447 e. The maximum atomic E-state index is 12.5. The second-order valence-electron chi connectivity index (χ2n) is 8.51. The second-order valence-corrected chi connectivity index (χ2v) is 9.26. The molecule has 11 heteroatoms. The predicted octanol–water partition coefficient (Wildman–Crippen LogP) is 4.01. The smallest absolute Gasteiger partial charge is 0.224 e. The molecule has 6 rings (SSSR count). The van der Waals surface area contributed by atoms with Crippen molar-refractivity contribution in [2.24, 2.45) is 5.92 Å². The van der Waals surface area contributed by atoms with Gasteiger partial charge in [-0.3, -0.25) is 9.78 Å². The Morgan fingerprint density at radius 1 is 1.17 bits per heavy atom. The van der Waals surface area contributed by atoms with E-state index in [2.05, 4.69) is 46.6 Å². The molecule has 1 saturated carbocycles. The number of amides is 1. The molecule has 0 bridgehead atoms. The van der Waals surface area contributed by atoms with Gasteiger partial charge in [0.15, 0.2) is 5.65 Å². The van der Waals surface area contributed by atoms with E-state index in [1.54, 1.807) is 23.3 Å². The first-order valence-electron chi connectivity index (χ1n) is 11.3. The molecule has 1 aliphatic carbocycles. The van der Waals surface area contributed by atoms with E-state index >= 15 is 0 Å². The van der Waals surface area contributed by atoms with Crippen LogP contribution in [0.5, 0.6) is 0 Å². The van der Waals surface area contributed by atoms with Crippen LogP contribution in [0.3, 0.4) is 0 Å². The predicted molar refractivity (Wildman–Crippen MR) is 133 cm³/mol. The number of halogens is 1. The first-order valence-corrected chi connectivity index (χ1v) is 12.1. The van der Waals surface area contributed by atoms with Crippen LogP contribution in [0.25, 0.3) is 27.6 Å². The number of benzene rings is 1. The van der Waals surface area contributed by atoms with Gasteiger partial charge < -0.3 is 15.1 Å². The molecule has 4 heterocycles. The van der Waals surface area contributed by atoms with Gasteiger partial charge in [0.1, 0.15) is 10.9 Å². The summed E-state index contributed by atoms with van der Waals surface area (Å²) in [5.74, 6) is 0.950. The fourth-order valence-corrected chi connectivity index (χ4v) is 4.93. The molecule has 0 spiro atoms. The molecule has 0 radical (unpaired) electrons. The minimum Gasteiger partial charge on any atom is -0.447 e. The van der Waals surface area contributed by atoms with Gasteiger partial charge in [-0.1, -0.05) is 6.07 Å². The van der Waals surface area contributed by atoms with Crippen molar-refractivity contribution in [1.29, 1.82) is 0 Å². The molecule has 0 aliphatic heterocycles. The molecular formula is C24H21BrN8O2. The van der Waals surface area contributed by atoms with Gasteiger partial charge in [0, 0.05) is 29.7 Å². The highest BCUT2D eigenvalue weighted by atomic mass is 79.9. The van der Waals surface area contributed by atoms with Crippen LogP contribution in [0.4, 0.5) is 5.95 Å². The Bertz CT molecular complexity index is 1520. The number of nitrogens with zero attached hydrogens (tertiary/aromatic N) is 6. The summed E-state index contributed by atoms with van der Waals surface area (Å²) in [4.78, 5) is 30.2. The van der Waals surface area contributed by atoms with Crippen LogP contribution in [0.2, 0.25) is 0 Å². The van der Waals surface area contributed by atoms with Gasteiger partial charge in [-0.25, -0.2) is 14.6 Å². The van der Waals surface area contributed by atoms with Crippen molar-refractivity contribution in [3.8, 4) is 5.69 Å². The normalized spacial score (nSPS) is 17.7. The van der Waals surface area contributed by atoms with Gasteiger partial charge in [-0.2, -0.15) is 10.1 Å². The zero-order valence-electron chi connectivity index (χ0n) is 18.6. The lowest BCUT2D eigenvalue weighted by atomic mass is 10.1. The Balaban J connectivity index is 1.19. The molecule has 1 aliphatic rings. The lowest BCUT2D eigenvalue weighted by molar-refractivity contribution is -0.125. The number of hydrogen-bond acceptors (Lipinski definition) is 8. The molecule has 0 unspecified atom stereocenters. The number of fused-ring (bicyclic) bond motifs is 2. The first-order chi connectivity index (χ1) is 17.1. The molecule has 1 fully saturated rings. The molecule has 2 atom stereocenters. The quantitative estimate of drug-likeness (QED) is 0.336. The van der Waals surface area contributed by atoms with Gasteiger partial charge in [0.05, 0.1) is 29.3 Å². The van der Waals surface area contributed by atoms with Crippen LogP contribution >= 0.6 is 15.9 Å². The summed E-state index contributed by atoms with van der Waals surface area (Å²) in [6.45, 7) is 0.296. The summed E-state index contributed by atoms with van der Waals surface area (Å²) in [5, 5.41) is 12.8. The van der Waals surface area contributed by atoms with E-state index in [9.17, 15) is 4.79 Å². The van der Waals surface area contributed by atoms with Crippen LogP contribution in [0.15, 0.2) is 64.2 Å². The number of oxazole rings is 1. The third-order valence-corrected chi connectivity index (χ3v) is 6.83. The summed E-state index contributed by atoms with van der Waals surface area (Å²) >= 11 is 3.53. The van der Waals surface area contributed by atoms with E-state index in [4.69, 9.17) is 9.40 Å². The Labute approximate surface area is 208 Å². The molecule has 2 N–H and O–H groups in total. The molecule has 0 saturated heterocycles. The second kappa shape index (κ2) is 9.06. The zero-order valence-corrected chi connectivity index (χ0v) is 20.1. The third kappa shape index (κ3) is 4.34. The molecule has 10 nitrogen and oxygen atoms in total. The number of hydrogen-bond donors (Lipinski definition) is 2. The van der Waals surface area contributed by atoms with Crippen molar-refractivity contribution in [3.05, 3.63) is 65.7 Å². The van der Waals surface area contributed by atoms with Crippen molar-refractivity contribution in [2.45, 2.75) is 31.8 Å². The summed E-state index contributed by atoms with van der Waals surface area (Å²) in [6, 6.07) is 10.0. The van der Waals surface area contributed by atoms with E-state index in [0.717, 1.165) is 34.8 Å². The number of carbonyl (C=O) groups is 1. The van der Waals surface area contributed by atoms with Gasteiger partial charge in [0.25, 0.3) is 0 Å². The number of anilines is 1. The minimum atomic E-state index is -0.0722. The van der Waals surface area contributed by atoms with E-state index < -0.39 is 0 Å². The Morgan fingerprint density at radius 2 is 2.11 bits per heavy atom. The first kappa shape index (κ1) is 21.7. The SMILES string of the molecule is O=C(NCc1ncco1)[C@@H]1CC[C@@H](Nc2ncc3c(Br)nn(-c4ccc5ncccc5c4)c3n2)C1. The van der Waals surface area contributed by atoms with E-state index in [0.29, 0.717) is 35.1 Å². The fraction of sp³-hybridized carbons (Fsp3) is 0.250. The molecule has 1 amide bonds. The molecule has 176 valence electrons. The highest BCUT2D eigenvalue weighted by molar-refractivity contribution is 9.10. The Hall–Kier alpha value is -3.86. The van der Waals surface area contributed by atoms with Gasteiger partial charge in [-0.05, 0) is 59.5 Å². The molecule has 5 aromatic rings. The maximum Gasteiger partial charge on any atom is 0.224 e. The fourth-order valence-electron chi connectivity index (χ4n) is 4.49. The van der Waals surface area contributed by atoms with E-state index in [1.807, 2.05) is 30.3 Å². The van der Waals surface area contributed by atoms with Crippen LogP contribution in [0.1, 0.15) is 25.2 Å². The minimum absolute atomic E-state index is 0.0108. The highest BCUT2D eigenvalue weighted by Gasteiger charge is 2.30. The molecule has 35 heavy (non-hydrogen) atoms. The lowest BCUT2D eigenvalue weighted by Gasteiger charge is -2.13. The van der Waals surface area contributed by atoms with E-state index in [1.165, 1.54) is 6.26 Å². The van der Waals surface area contributed by atoms with Crippen molar-refractivity contribution in [3.63, 3.8) is 0 Å². The average molecular weight is 533 g/mol. The van der Waals surface area contributed by atoms with Crippen molar-refractivity contribution >= 4 is 49.7 Å². The maximum absolute atomic E-state index is 12.5. The number of pyridine rings is 1. The number of nitrogens with one attached hydrogen (secondary N) is 2. The Kier molecular flexibility index (Phi) is 5.61. The summed E-state index contributed by atoms with van der Waals surface area (Å²) < 4.78 is 7.65. The topological polar surface area (TPSA) is 124 Å². The monoisotopic (exact) mass is 532 g/mol. The van der Waals surface area contributed by atoms with Crippen LogP contribution in [-0.2, 0) is 11.3 Å². The summed E-state index contributed by atoms with van der Waals surface area (Å²) in [6.07, 6.45) is 8.96. The standard InChI is InChI=1S/C24H21BrN8O2/c25-21-18-12-29-24(30-16-4-3-15(10-16)23(34)28-13-20-27-8-9-35-20)31-22(18)33(32-21)17-5-6-19-14(11-17)2-1-7-26-19/h1-2,5-9,11-12,15-16H,3-4,10,13H2,(H,28,34)(H,29,30,31)/t15-,16-/m1/s1. The van der Waals surface area contributed by atoms with Crippen LogP contribution in [0, 0.1) is 5.92 Å². The Morgan fingerprint density at radius 3 is 3.00 bits per heavy atom. The molecular weight excluding hydrogens is 512 g/mol. The van der Waals surface area contributed by atoms with Crippen molar-refractivity contribution in [2.75, 3.05) is 5.32 Å². The number of rotatable bonds is 6. The number of aromatic nitrogens is 6. The van der Waals surface area contributed by atoms with Crippen LogP contribution in [-0.4, -0.2) is 41.7 Å². The van der Waals surface area contributed by atoms with Gasteiger partial charge in [0.2, 0.25) is 17.7 Å². The van der Waals surface area contributed by atoms with E-state index in [-0.39, 0.29) is 17.9 Å². The molecule has 4 aromatic heterocycles. The third-order valence-electron chi connectivity index (χ3n) is 6.24. The van der Waals surface area contributed by atoms with Crippen LogP contribution < -0.4 is 10.6 Å². The van der Waals surface area contributed by atoms with Gasteiger partial charge >= 0.3 is 0 Å². The lowest BCUT2D eigenvalue weighted by Crippen LogP contribution is -2.30. The average Bonchev–Trinajstić information content (AvgIpc) is 3.63. The number of carbonyl (C=O) groups excluding carboxylic acids is 1. The zero-order chi connectivity index (χ0) is 23.8. The molecule has 1 aromatic carbocycles. The highest BCUT2D eigenvalue weighted by Crippen LogP contribution is 2.30. The van der Waals surface area contributed by atoms with Crippen molar-refractivity contribution < 1.29 is 9.21 Å².